The normalized spacial score (nSPS) is 25.2. The van der Waals surface area contributed by atoms with Crippen molar-refractivity contribution in [2.75, 3.05) is 29.9 Å². The summed E-state index contributed by atoms with van der Waals surface area (Å²) >= 11 is 0. The molecule has 4 heteroatoms. The molecule has 178 valence electrons. The zero-order chi connectivity index (χ0) is 23.7. The van der Waals surface area contributed by atoms with Crippen LogP contribution in [0.4, 0.5) is 11.4 Å². The first-order chi connectivity index (χ1) is 16.5. The summed E-state index contributed by atoms with van der Waals surface area (Å²) in [5.41, 5.74) is 10.3. The van der Waals surface area contributed by atoms with Gasteiger partial charge in [-0.1, -0.05) is 31.7 Å². The molecule has 0 bridgehead atoms. The Balaban J connectivity index is 1.29. The van der Waals surface area contributed by atoms with Gasteiger partial charge in [0.15, 0.2) is 0 Å². The van der Waals surface area contributed by atoms with E-state index in [0.29, 0.717) is 11.8 Å². The Hall–Kier alpha value is -3.14. The lowest BCUT2D eigenvalue weighted by Gasteiger charge is -2.32. The van der Waals surface area contributed by atoms with Crippen molar-refractivity contribution in [2.24, 2.45) is 11.8 Å². The molecule has 0 spiro atoms. The topological polar surface area (TPSA) is 36.5 Å². The summed E-state index contributed by atoms with van der Waals surface area (Å²) < 4.78 is 6.09. The molecule has 0 radical (unpaired) electrons. The van der Waals surface area contributed by atoms with Crippen LogP contribution >= 0.6 is 0 Å². The van der Waals surface area contributed by atoms with Crippen molar-refractivity contribution in [2.45, 2.75) is 46.5 Å². The van der Waals surface area contributed by atoms with Crippen molar-refractivity contribution < 1.29 is 4.74 Å². The molecule has 0 amide bonds. The smallest absolute Gasteiger partial charge is 0.144 e. The summed E-state index contributed by atoms with van der Waals surface area (Å²) in [4.78, 5) is 2.47. The second-order valence-electron chi connectivity index (χ2n) is 9.90. The Morgan fingerprint density at radius 2 is 2.24 bits per heavy atom. The molecule has 2 N–H and O–H groups in total. The van der Waals surface area contributed by atoms with Crippen LogP contribution in [0, 0.1) is 11.8 Å². The molecule has 0 saturated heterocycles. The number of benzene rings is 1. The zero-order valence-electron chi connectivity index (χ0n) is 20.8. The van der Waals surface area contributed by atoms with E-state index >= 15 is 0 Å². The first kappa shape index (κ1) is 22.6. The number of fused-ring (bicyclic) bond motifs is 2. The highest BCUT2D eigenvalue weighted by Gasteiger charge is 2.28. The van der Waals surface area contributed by atoms with Crippen molar-refractivity contribution in [3.8, 4) is 5.75 Å². The minimum absolute atomic E-state index is 0.531. The molecule has 2 unspecified atom stereocenters. The molecule has 4 nitrogen and oxygen atoms in total. The van der Waals surface area contributed by atoms with Gasteiger partial charge >= 0.3 is 0 Å². The summed E-state index contributed by atoms with van der Waals surface area (Å²) in [7, 11) is 0. The van der Waals surface area contributed by atoms with E-state index in [2.05, 4.69) is 91.6 Å². The van der Waals surface area contributed by atoms with Gasteiger partial charge < -0.3 is 20.3 Å². The number of nitrogens with zero attached hydrogens (tertiary/aromatic N) is 1. The molecule has 2 aliphatic heterocycles. The van der Waals surface area contributed by atoms with Gasteiger partial charge in [0.25, 0.3) is 0 Å². The Morgan fingerprint density at radius 1 is 1.35 bits per heavy atom. The van der Waals surface area contributed by atoms with E-state index in [1.165, 1.54) is 40.1 Å². The van der Waals surface area contributed by atoms with Gasteiger partial charge in [-0.2, -0.15) is 0 Å². The minimum atomic E-state index is 0.531. The molecule has 1 saturated carbocycles. The van der Waals surface area contributed by atoms with Crippen molar-refractivity contribution >= 4 is 11.4 Å². The number of hydrogen-bond donors (Lipinski definition) is 2. The molecule has 1 aromatic rings. The summed E-state index contributed by atoms with van der Waals surface area (Å²) in [6.45, 7) is 13.5. The predicted molar refractivity (Wildman–Crippen MR) is 143 cm³/mol. The van der Waals surface area contributed by atoms with Gasteiger partial charge in [-0.25, -0.2) is 0 Å². The number of hydrogen-bond acceptors (Lipinski definition) is 4. The molecule has 5 rings (SSSR count). The summed E-state index contributed by atoms with van der Waals surface area (Å²) in [6.07, 6.45) is 15.5. The Morgan fingerprint density at radius 3 is 3.03 bits per heavy atom. The molecule has 1 aromatic carbocycles. The molecule has 34 heavy (non-hydrogen) atoms. The highest BCUT2D eigenvalue weighted by Crippen LogP contribution is 2.40. The van der Waals surface area contributed by atoms with Crippen LogP contribution in [0.5, 0.6) is 5.75 Å². The molecule has 1 fully saturated rings. The highest BCUT2D eigenvalue weighted by molar-refractivity contribution is 5.68. The van der Waals surface area contributed by atoms with Crippen molar-refractivity contribution in [3.63, 3.8) is 0 Å². The quantitative estimate of drug-likeness (QED) is 0.492. The average molecular weight is 456 g/mol. The van der Waals surface area contributed by atoms with Crippen LogP contribution in [0.25, 0.3) is 0 Å². The van der Waals surface area contributed by atoms with Gasteiger partial charge in [0.1, 0.15) is 12.4 Å². The third kappa shape index (κ3) is 4.34. The first-order valence-corrected chi connectivity index (χ1v) is 12.7. The second kappa shape index (κ2) is 9.61. The molecule has 2 aliphatic carbocycles. The van der Waals surface area contributed by atoms with Crippen molar-refractivity contribution in [3.05, 3.63) is 89.0 Å². The van der Waals surface area contributed by atoms with Gasteiger partial charge in [0.2, 0.25) is 0 Å². The van der Waals surface area contributed by atoms with Gasteiger partial charge in [-0.15, -0.1) is 0 Å². The van der Waals surface area contributed by atoms with Crippen LogP contribution in [-0.2, 0) is 0 Å². The number of allylic oxidation sites excluding steroid dienone is 8. The van der Waals surface area contributed by atoms with E-state index in [9.17, 15) is 0 Å². The van der Waals surface area contributed by atoms with Gasteiger partial charge in [0.05, 0.1) is 12.2 Å². The lowest BCUT2D eigenvalue weighted by Crippen LogP contribution is -2.34. The van der Waals surface area contributed by atoms with Gasteiger partial charge in [-0.3, -0.25) is 0 Å². The van der Waals surface area contributed by atoms with E-state index < -0.39 is 0 Å². The lowest BCUT2D eigenvalue weighted by molar-refractivity contribution is 0.307. The number of ether oxygens (including phenoxy) is 1. The lowest BCUT2D eigenvalue weighted by atomic mass is 9.87. The minimum Gasteiger partial charge on any atom is -0.489 e. The fourth-order valence-corrected chi connectivity index (χ4v) is 5.62. The fourth-order valence-electron chi connectivity index (χ4n) is 5.62. The predicted octanol–water partition coefficient (Wildman–Crippen LogP) is 6.84. The number of anilines is 2. The van der Waals surface area contributed by atoms with Crippen LogP contribution in [0.2, 0.25) is 0 Å². The third-order valence-corrected chi connectivity index (χ3v) is 7.71. The van der Waals surface area contributed by atoms with E-state index in [0.717, 1.165) is 56.1 Å². The molecule has 2 heterocycles. The van der Waals surface area contributed by atoms with Gasteiger partial charge in [0, 0.05) is 41.8 Å². The average Bonchev–Trinajstić information content (AvgIpc) is 3.41. The molecular formula is C30H37N3O. The monoisotopic (exact) mass is 455 g/mol. The van der Waals surface area contributed by atoms with Crippen LogP contribution in [0.1, 0.15) is 46.5 Å². The van der Waals surface area contributed by atoms with E-state index in [4.69, 9.17) is 4.74 Å². The fraction of sp³-hybridized carbons (Fsp3) is 0.400. The van der Waals surface area contributed by atoms with Crippen LogP contribution in [0.3, 0.4) is 0 Å². The molecular weight excluding hydrogens is 418 g/mol. The summed E-state index contributed by atoms with van der Waals surface area (Å²) in [5.74, 6) is 2.06. The molecule has 0 aromatic heterocycles. The standard InChI is InChI=1S/C30H37N3O/c1-5-7-27(25-12-10-20(2)22(25)4)32-24-11-13-28-29(18-24)34-17-16-33(28)15-14-23-19-31-30-21(3)8-6-9-26(23)30/h5-8,11,13,18-20,26,31-32H,4,9-10,12,14-17H2,1-3H3/b7-5-,27-25+. The molecule has 4 aliphatic rings. The van der Waals surface area contributed by atoms with E-state index in [1.54, 1.807) is 0 Å². The first-order valence-electron chi connectivity index (χ1n) is 12.7. The zero-order valence-corrected chi connectivity index (χ0v) is 20.8. The maximum atomic E-state index is 6.09. The third-order valence-electron chi connectivity index (χ3n) is 7.71. The second-order valence-corrected chi connectivity index (χ2v) is 9.90. The van der Waals surface area contributed by atoms with Crippen molar-refractivity contribution in [1.82, 2.24) is 5.32 Å². The summed E-state index contributed by atoms with van der Waals surface area (Å²) in [6, 6.07) is 6.54. The highest BCUT2D eigenvalue weighted by atomic mass is 16.5. The largest absolute Gasteiger partial charge is 0.489 e. The number of nitrogens with one attached hydrogen (secondary N) is 2. The maximum Gasteiger partial charge on any atom is 0.144 e. The van der Waals surface area contributed by atoms with Crippen LogP contribution < -0.4 is 20.3 Å². The van der Waals surface area contributed by atoms with E-state index in [1.807, 2.05) is 0 Å². The summed E-state index contributed by atoms with van der Waals surface area (Å²) in [5, 5.41) is 7.18. The maximum absolute atomic E-state index is 6.09. The Kier molecular flexibility index (Phi) is 6.40. The van der Waals surface area contributed by atoms with E-state index in [-0.39, 0.29) is 0 Å². The number of rotatable bonds is 6. The Bertz CT molecular complexity index is 1130. The SMILES string of the molecule is C=C1/C(=C(\C=C/C)Nc2ccc3c(c2)OCCN3CCC2=CNC3=C(C)C=CCC23)CCC1C. The van der Waals surface area contributed by atoms with Gasteiger partial charge in [-0.05, 0) is 85.9 Å². The Labute approximate surface area is 204 Å². The van der Waals surface area contributed by atoms with Crippen LogP contribution in [0.15, 0.2) is 89.0 Å². The van der Waals surface area contributed by atoms with Crippen molar-refractivity contribution in [1.29, 1.82) is 0 Å². The molecule has 2 atom stereocenters. The van der Waals surface area contributed by atoms with Crippen LogP contribution in [-0.4, -0.2) is 19.7 Å².